The summed E-state index contributed by atoms with van der Waals surface area (Å²) in [5.74, 6) is -1.33. The molecule has 0 spiro atoms. The number of hydrogen-bond donors (Lipinski definition) is 0. The van der Waals surface area contributed by atoms with E-state index in [1.165, 1.54) is 0 Å². The SMILES string of the molecule is CC(C)(C)OC(=O)B(Br)OOB(Br)C(=O)OC(C)(C)C.[B].[B]. The molecule has 0 N–H and O–H groups in total. The Morgan fingerprint density at radius 3 is 1.14 bits per heavy atom. The summed E-state index contributed by atoms with van der Waals surface area (Å²) in [6, 6.07) is 0. The van der Waals surface area contributed by atoms with Gasteiger partial charge in [-0.05, 0) is 41.5 Å². The number of carbonyl (C=O) groups is 2. The second kappa shape index (κ2) is 10.8. The molecule has 22 heavy (non-hydrogen) atoms. The van der Waals surface area contributed by atoms with Gasteiger partial charge in [0.2, 0.25) is 0 Å². The summed E-state index contributed by atoms with van der Waals surface area (Å²) in [5.41, 5.74) is -3.59. The molecular weight excluding hydrogens is 419 g/mol. The van der Waals surface area contributed by atoms with E-state index in [0.29, 0.717) is 0 Å². The Kier molecular flexibility index (Phi) is 13.2. The molecule has 0 aromatic heterocycles. The fourth-order valence-electron chi connectivity index (χ4n) is 0.872. The van der Waals surface area contributed by atoms with Crippen LogP contribution >= 0.6 is 31.5 Å². The van der Waals surface area contributed by atoms with Gasteiger partial charge in [0.15, 0.2) is 0 Å². The van der Waals surface area contributed by atoms with Gasteiger partial charge in [-0.3, -0.25) is 19.2 Å². The van der Waals surface area contributed by atoms with Crippen molar-refractivity contribution in [3.05, 3.63) is 0 Å². The van der Waals surface area contributed by atoms with Crippen LogP contribution in [0.1, 0.15) is 41.5 Å². The molecule has 0 fully saturated rings. The highest BCUT2D eigenvalue weighted by atomic mass is 79.9. The van der Waals surface area contributed by atoms with Crippen LogP contribution in [0.4, 0.5) is 9.59 Å². The largest absolute Gasteiger partial charge is 0.532 e. The molecule has 0 saturated heterocycles. The summed E-state index contributed by atoms with van der Waals surface area (Å²) >= 11 is 5.88. The summed E-state index contributed by atoms with van der Waals surface area (Å²) < 4.78 is 10.1. The Morgan fingerprint density at radius 2 is 0.955 bits per heavy atom. The zero-order valence-electron chi connectivity index (χ0n) is 13.5. The molecule has 6 nitrogen and oxygen atoms in total. The summed E-state index contributed by atoms with van der Waals surface area (Å²) in [7, 11) is 0. The minimum atomic E-state index is -1.15. The van der Waals surface area contributed by atoms with E-state index in [4.69, 9.17) is 19.1 Å². The first-order chi connectivity index (χ1) is 8.82. The van der Waals surface area contributed by atoms with Crippen molar-refractivity contribution < 1.29 is 28.7 Å². The van der Waals surface area contributed by atoms with Crippen LogP contribution in [0.3, 0.4) is 0 Å². The molecule has 12 heteroatoms. The monoisotopic (exact) mass is 436 g/mol. The number of hydrogen-bond acceptors (Lipinski definition) is 6. The third kappa shape index (κ3) is 13.7. The molecule has 120 valence electrons. The summed E-state index contributed by atoms with van der Waals surface area (Å²) in [5, 5.41) is 0. The van der Waals surface area contributed by atoms with Crippen molar-refractivity contribution in [3.63, 3.8) is 0 Å². The van der Waals surface area contributed by atoms with Crippen molar-refractivity contribution in [1.82, 2.24) is 0 Å². The van der Waals surface area contributed by atoms with Crippen LogP contribution in [0.15, 0.2) is 0 Å². The van der Waals surface area contributed by atoms with Crippen molar-refractivity contribution in [2.24, 2.45) is 0 Å². The third-order valence-corrected chi connectivity index (χ3v) is 2.46. The average molecular weight is 437 g/mol. The van der Waals surface area contributed by atoms with Crippen molar-refractivity contribution in [2.75, 3.05) is 0 Å². The molecule has 0 atom stereocenters. The first-order valence-corrected chi connectivity index (χ1v) is 7.71. The molecule has 0 rings (SSSR count). The van der Waals surface area contributed by atoms with Crippen molar-refractivity contribution in [3.8, 4) is 0 Å². The van der Waals surface area contributed by atoms with Gasteiger partial charge in [0.1, 0.15) is 11.2 Å². The van der Waals surface area contributed by atoms with Gasteiger partial charge in [-0.1, -0.05) is 31.5 Å². The third-order valence-electron chi connectivity index (χ3n) is 1.41. The van der Waals surface area contributed by atoms with Gasteiger partial charge in [-0.15, -0.1) is 0 Å². The van der Waals surface area contributed by atoms with Crippen LogP contribution in [0.5, 0.6) is 0 Å². The molecule has 6 radical (unpaired) electrons. The zero-order valence-corrected chi connectivity index (χ0v) is 16.7. The maximum absolute atomic E-state index is 11.6. The van der Waals surface area contributed by atoms with Crippen LogP contribution in [0.25, 0.3) is 0 Å². The number of ether oxygens (including phenoxy) is 2. The number of rotatable bonds is 5. The molecule has 0 heterocycles. The van der Waals surface area contributed by atoms with Gasteiger partial charge in [0.25, 0.3) is 0 Å². The summed E-state index contributed by atoms with van der Waals surface area (Å²) in [6.07, 6.45) is 0. The molecule has 0 amide bonds. The van der Waals surface area contributed by atoms with E-state index in [1.807, 2.05) is 0 Å². The first-order valence-electron chi connectivity index (χ1n) is 5.88. The minimum Gasteiger partial charge on any atom is -0.465 e. The van der Waals surface area contributed by atoms with Gasteiger partial charge >= 0.3 is 23.2 Å². The molecule has 0 saturated carbocycles. The van der Waals surface area contributed by atoms with Crippen molar-refractivity contribution in [1.29, 1.82) is 0 Å². The van der Waals surface area contributed by atoms with Crippen LogP contribution in [-0.4, -0.2) is 51.2 Å². The van der Waals surface area contributed by atoms with E-state index in [0.717, 1.165) is 0 Å². The van der Waals surface area contributed by atoms with Gasteiger partial charge in [0, 0.05) is 16.8 Å². The van der Waals surface area contributed by atoms with Crippen LogP contribution in [0, 0.1) is 0 Å². The molecule has 0 unspecified atom stereocenters. The molecule has 0 aliphatic carbocycles. The average Bonchev–Trinajstić information content (AvgIpc) is 2.20. The normalized spacial score (nSPS) is 10.7. The van der Waals surface area contributed by atoms with Crippen molar-refractivity contribution >= 4 is 71.6 Å². The lowest BCUT2D eigenvalue weighted by Gasteiger charge is -2.21. The second-order valence-electron chi connectivity index (χ2n) is 5.89. The van der Waals surface area contributed by atoms with E-state index < -0.39 is 34.4 Å². The Hall–Kier alpha value is 0.0797. The first kappa shape index (κ1) is 27.0. The van der Waals surface area contributed by atoms with E-state index in [1.54, 1.807) is 41.5 Å². The van der Waals surface area contributed by atoms with Crippen LogP contribution in [0.2, 0.25) is 0 Å². The molecule has 0 aliphatic heterocycles. The van der Waals surface area contributed by atoms with Crippen molar-refractivity contribution in [2.45, 2.75) is 52.7 Å². The van der Waals surface area contributed by atoms with Crippen LogP contribution in [-0.2, 0) is 19.1 Å². The Bertz CT molecular complexity index is 324. The van der Waals surface area contributed by atoms with E-state index in [2.05, 4.69) is 31.5 Å². The minimum absolute atomic E-state index is 0. The van der Waals surface area contributed by atoms with Gasteiger partial charge in [0.05, 0.1) is 0 Å². The standard InChI is InChI=1S/C10H18B2Br2O6.2B/c1-9(2,3)17-7(15)11(13)19-20-12(14)8(16)18-10(4,5)6;;/h1-6H3;;. The van der Waals surface area contributed by atoms with E-state index in [9.17, 15) is 9.59 Å². The quantitative estimate of drug-likeness (QED) is 0.374. The lowest BCUT2D eigenvalue weighted by molar-refractivity contribution is -0.102. The van der Waals surface area contributed by atoms with Gasteiger partial charge < -0.3 is 9.47 Å². The molecule has 0 aliphatic rings. The maximum Gasteiger partial charge on any atom is 0.532 e. The number of halogens is 2. The Balaban J connectivity index is -0.00000180. The highest BCUT2D eigenvalue weighted by Gasteiger charge is 2.35. The Labute approximate surface area is 153 Å². The Morgan fingerprint density at radius 1 is 0.727 bits per heavy atom. The molecule has 0 aromatic carbocycles. The van der Waals surface area contributed by atoms with Gasteiger partial charge in [-0.25, -0.2) is 0 Å². The number of carbonyl (C=O) groups excluding carboxylic acids is 2. The lowest BCUT2D eigenvalue weighted by Crippen LogP contribution is -2.36. The fourth-order valence-corrected chi connectivity index (χ4v) is 1.24. The summed E-state index contributed by atoms with van der Waals surface area (Å²) in [6.45, 7) is 10.3. The van der Waals surface area contributed by atoms with Gasteiger partial charge in [-0.2, -0.15) is 0 Å². The lowest BCUT2D eigenvalue weighted by atomic mass is 10.0. The van der Waals surface area contributed by atoms with Crippen LogP contribution < -0.4 is 0 Å². The summed E-state index contributed by atoms with van der Waals surface area (Å²) in [4.78, 5) is 32.6. The molecule has 0 bridgehead atoms. The van der Waals surface area contributed by atoms with E-state index in [-0.39, 0.29) is 16.8 Å². The maximum atomic E-state index is 11.6. The highest BCUT2D eigenvalue weighted by molar-refractivity contribution is 9.25. The molecular formula is C10H18B4Br2O6. The predicted octanol–water partition coefficient (Wildman–Crippen LogP) is 2.97. The predicted molar refractivity (Wildman–Crippen MR) is 95.5 cm³/mol. The van der Waals surface area contributed by atoms with E-state index >= 15 is 0 Å². The topological polar surface area (TPSA) is 71.1 Å². The molecule has 0 aromatic rings. The fraction of sp³-hybridized carbons (Fsp3) is 0.800. The highest BCUT2D eigenvalue weighted by Crippen LogP contribution is 2.15. The second-order valence-corrected chi connectivity index (χ2v) is 7.55. The zero-order chi connectivity index (χ0) is 16.1. The smallest absolute Gasteiger partial charge is 0.465 e.